The zero-order valence-electron chi connectivity index (χ0n) is 20.6. The average molecular weight is 474 g/mol. The van der Waals surface area contributed by atoms with E-state index in [1.807, 2.05) is 0 Å². The average Bonchev–Trinajstić information content (AvgIpc) is 3.03. The van der Waals surface area contributed by atoms with Crippen LogP contribution in [0.1, 0.15) is 17.5 Å². The van der Waals surface area contributed by atoms with Gasteiger partial charge in [0.2, 0.25) is 0 Å². The Labute approximate surface area is 217 Å². The van der Waals surface area contributed by atoms with E-state index in [1.165, 1.54) is 54.9 Å². The van der Waals surface area contributed by atoms with Crippen molar-refractivity contribution in [3.05, 3.63) is 139 Å². The highest BCUT2D eigenvalue weighted by molar-refractivity contribution is 6.10. The number of hydrogen-bond donors (Lipinski definition) is 1. The van der Waals surface area contributed by atoms with Gasteiger partial charge < -0.3 is 4.98 Å². The maximum absolute atomic E-state index is 3.86. The van der Waals surface area contributed by atoms with Crippen molar-refractivity contribution in [3.8, 4) is 22.3 Å². The van der Waals surface area contributed by atoms with Gasteiger partial charge in [0.15, 0.2) is 0 Å². The molecule has 6 aromatic rings. The minimum Gasteiger partial charge on any atom is -0.355 e. The lowest BCUT2D eigenvalue weighted by Crippen LogP contribution is -1.95. The van der Waals surface area contributed by atoms with Gasteiger partial charge in [0, 0.05) is 21.8 Å². The van der Waals surface area contributed by atoms with E-state index >= 15 is 0 Å². The number of aryl methyl sites for hydroxylation is 1. The van der Waals surface area contributed by atoms with E-state index in [4.69, 9.17) is 0 Å². The zero-order chi connectivity index (χ0) is 24.6. The quantitative estimate of drug-likeness (QED) is 0.257. The molecule has 176 valence electrons. The second-order valence-corrected chi connectivity index (χ2v) is 9.76. The molecule has 1 heteroatoms. The van der Waals surface area contributed by atoms with Crippen LogP contribution >= 0.6 is 0 Å². The predicted octanol–water partition coefficient (Wildman–Crippen LogP) is 9.89. The number of benzene rings is 5. The number of H-pyrrole nitrogens is 1. The highest BCUT2D eigenvalue weighted by Crippen LogP contribution is 2.35. The Hall–Kier alpha value is -4.62. The van der Waals surface area contributed by atoms with Crippen LogP contribution in [0.5, 0.6) is 0 Å². The maximum Gasteiger partial charge on any atom is 0.0464 e. The van der Waals surface area contributed by atoms with Crippen molar-refractivity contribution in [3.63, 3.8) is 0 Å². The Balaban J connectivity index is 1.65. The summed E-state index contributed by atoms with van der Waals surface area (Å²) in [7, 11) is 0. The Morgan fingerprint density at radius 1 is 0.459 bits per heavy atom. The van der Waals surface area contributed by atoms with Gasteiger partial charge in [-0.3, -0.25) is 0 Å². The van der Waals surface area contributed by atoms with Crippen molar-refractivity contribution in [2.45, 2.75) is 12.8 Å². The van der Waals surface area contributed by atoms with Gasteiger partial charge in [0.1, 0.15) is 0 Å². The summed E-state index contributed by atoms with van der Waals surface area (Å²) in [6.07, 6.45) is 6.74. The molecule has 0 radical (unpaired) electrons. The van der Waals surface area contributed by atoms with Crippen LogP contribution in [0.15, 0.2) is 127 Å². The van der Waals surface area contributed by atoms with Crippen LogP contribution in [-0.2, 0) is 6.42 Å². The SMILES string of the molecule is C1=Cc2c(c3cc(-c4ccccc4)ccc3[nH]c3ccc(-c4ccccc4)cc3c3ccccc23)CC1. The third kappa shape index (κ3) is 3.90. The van der Waals surface area contributed by atoms with Crippen LogP contribution in [0.25, 0.3) is 60.9 Å². The fourth-order valence-corrected chi connectivity index (χ4v) is 5.69. The molecule has 1 aromatic heterocycles. The number of hydrogen-bond acceptors (Lipinski definition) is 0. The Morgan fingerprint density at radius 3 is 1.70 bits per heavy atom. The number of fused-ring (bicyclic) bond motifs is 7. The van der Waals surface area contributed by atoms with Crippen molar-refractivity contribution < 1.29 is 0 Å². The van der Waals surface area contributed by atoms with Crippen molar-refractivity contribution in [1.29, 1.82) is 0 Å². The summed E-state index contributed by atoms with van der Waals surface area (Å²) >= 11 is 0. The number of rotatable bonds is 2. The van der Waals surface area contributed by atoms with Gasteiger partial charge in [-0.2, -0.15) is 0 Å². The summed E-state index contributed by atoms with van der Waals surface area (Å²) in [5.74, 6) is 0. The molecule has 0 amide bonds. The topological polar surface area (TPSA) is 15.8 Å². The number of nitrogens with one attached hydrogen (secondary N) is 1. The monoisotopic (exact) mass is 473 g/mol. The van der Waals surface area contributed by atoms with E-state index in [1.54, 1.807) is 0 Å². The number of aromatic amines is 1. The molecule has 0 unspecified atom stereocenters. The standard InChI is InChI=1S/C36H27N/c1-3-11-25(12-4-1)27-19-21-35-33(23-27)31-17-9-7-15-29(31)30-16-8-10-18-32(30)34-24-28(20-22-36(34)37-35)26-13-5-2-6-14-26/h1-9,11-17,19-24,37H,10,18H2. The fraction of sp³-hybridized carbons (Fsp3) is 0.0556. The minimum atomic E-state index is 1.03. The summed E-state index contributed by atoms with van der Waals surface area (Å²) in [6.45, 7) is 0. The molecule has 1 heterocycles. The highest BCUT2D eigenvalue weighted by atomic mass is 14.7. The van der Waals surface area contributed by atoms with Gasteiger partial charge in [-0.25, -0.2) is 0 Å². The van der Waals surface area contributed by atoms with E-state index in [2.05, 4.69) is 138 Å². The molecule has 1 nitrogen and oxygen atoms in total. The number of allylic oxidation sites excluding steroid dienone is 1. The molecule has 37 heavy (non-hydrogen) atoms. The van der Waals surface area contributed by atoms with Crippen LogP contribution in [0.4, 0.5) is 0 Å². The molecule has 1 aliphatic carbocycles. The van der Waals surface area contributed by atoms with Crippen LogP contribution in [0.2, 0.25) is 0 Å². The first kappa shape index (κ1) is 21.6. The van der Waals surface area contributed by atoms with Gasteiger partial charge in [-0.15, -0.1) is 0 Å². The van der Waals surface area contributed by atoms with E-state index in [0.717, 1.165) is 23.9 Å². The lowest BCUT2D eigenvalue weighted by Gasteiger charge is -2.14. The van der Waals surface area contributed by atoms with Crippen molar-refractivity contribution in [2.75, 3.05) is 0 Å². The third-order valence-electron chi connectivity index (χ3n) is 7.53. The lowest BCUT2D eigenvalue weighted by atomic mass is 9.90. The highest BCUT2D eigenvalue weighted by Gasteiger charge is 2.13. The van der Waals surface area contributed by atoms with Gasteiger partial charge in [0.25, 0.3) is 0 Å². The summed E-state index contributed by atoms with van der Waals surface area (Å²) < 4.78 is 0. The Kier molecular flexibility index (Phi) is 5.33. The molecular formula is C36H27N. The van der Waals surface area contributed by atoms with Crippen molar-refractivity contribution in [1.82, 2.24) is 4.98 Å². The van der Waals surface area contributed by atoms with E-state index in [0.29, 0.717) is 0 Å². The largest absolute Gasteiger partial charge is 0.355 e. The van der Waals surface area contributed by atoms with E-state index in [9.17, 15) is 0 Å². The minimum absolute atomic E-state index is 1.03. The zero-order valence-corrected chi connectivity index (χ0v) is 20.6. The van der Waals surface area contributed by atoms with Crippen molar-refractivity contribution >= 4 is 38.7 Å². The molecule has 0 saturated heterocycles. The van der Waals surface area contributed by atoms with Crippen LogP contribution < -0.4 is 0 Å². The molecule has 0 atom stereocenters. The molecule has 0 aliphatic heterocycles. The van der Waals surface area contributed by atoms with E-state index in [-0.39, 0.29) is 0 Å². The maximum atomic E-state index is 3.86. The molecule has 1 N–H and O–H groups in total. The first-order valence-corrected chi connectivity index (χ1v) is 13.0. The fourth-order valence-electron chi connectivity index (χ4n) is 5.69. The Morgan fingerprint density at radius 2 is 1.03 bits per heavy atom. The second-order valence-electron chi connectivity index (χ2n) is 9.76. The number of aromatic nitrogens is 1. The molecule has 5 aromatic carbocycles. The van der Waals surface area contributed by atoms with Crippen LogP contribution in [0.3, 0.4) is 0 Å². The Bertz CT molecular complexity index is 1860. The summed E-state index contributed by atoms with van der Waals surface area (Å²) in [5, 5.41) is 5.07. The molecule has 0 spiro atoms. The van der Waals surface area contributed by atoms with Gasteiger partial charge >= 0.3 is 0 Å². The molecule has 1 aliphatic rings. The van der Waals surface area contributed by atoms with E-state index < -0.39 is 0 Å². The third-order valence-corrected chi connectivity index (χ3v) is 7.53. The first-order chi connectivity index (χ1) is 18.3. The van der Waals surface area contributed by atoms with Crippen molar-refractivity contribution in [2.24, 2.45) is 0 Å². The normalized spacial score (nSPS) is 12.5. The molecule has 0 saturated carbocycles. The summed E-state index contributed by atoms with van der Waals surface area (Å²) in [6, 6.07) is 43.9. The van der Waals surface area contributed by atoms with Gasteiger partial charge in [-0.1, -0.05) is 109 Å². The molecular weight excluding hydrogens is 446 g/mol. The summed E-state index contributed by atoms with van der Waals surface area (Å²) in [4.78, 5) is 3.86. The molecule has 0 fully saturated rings. The smallest absolute Gasteiger partial charge is 0.0464 e. The molecule has 7 rings (SSSR count). The first-order valence-electron chi connectivity index (χ1n) is 13.0. The lowest BCUT2D eigenvalue weighted by molar-refractivity contribution is 1.00. The van der Waals surface area contributed by atoms with Crippen LogP contribution in [-0.4, -0.2) is 4.98 Å². The summed E-state index contributed by atoms with van der Waals surface area (Å²) in [5.41, 5.74) is 9.96. The predicted molar refractivity (Wildman–Crippen MR) is 159 cm³/mol. The second kappa shape index (κ2) is 9.11. The van der Waals surface area contributed by atoms with Crippen LogP contribution in [0, 0.1) is 0 Å². The van der Waals surface area contributed by atoms with Gasteiger partial charge in [0.05, 0.1) is 0 Å². The van der Waals surface area contributed by atoms with Gasteiger partial charge in [-0.05, 0) is 81.3 Å². The molecule has 0 bridgehead atoms.